The maximum Gasteiger partial charge on any atom is 0.340 e. The summed E-state index contributed by atoms with van der Waals surface area (Å²) in [6.45, 7) is 0. The highest BCUT2D eigenvalue weighted by molar-refractivity contribution is 5.85. The third kappa shape index (κ3) is 2.68. The van der Waals surface area contributed by atoms with Crippen molar-refractivity contribution >= 4 is 18.4 Å². The summed E-state index contributed by atoms with van der Waals surface area (Å²) in [6.07, 6.45) is 4.73. The van der Waals surface area contributed by atoms with Gasteiger partial charge in [0.1, 0.15) is 0 Å². The number of halogens is 1. The molecule has 0 spiro atoms. The Hall–Kier alpha value is -1.06. The molecule has 0 heterocycles. The quantitative estimate of drug-likeness (QED) is 0.888. The second kappa shape index (κ2) is 6.21. The summed E-state index contributed by atoms with van der Waals surface area (Å²) in [5, 5.41) is 20.0. The van der Waals surface area contributed by atoms with E-state index in [9.17, 15) is 15.0 Å². The van der Waals surface area contributed by atoms with Crippen molar-refractivity contribution in [3.05, 3.63) is 35.9 Å². The van der Waals surface area contributed by atoms with Gasteiger partial charge < -0.3 is 10.2 Å². The Morgan fingerprint density at radius 2 is 1.67 bits per heavy atom. The maximum absolute atomic E-state index is 11.5. The van der Waals surface area contributed by atoms with Crippen molar-refractivity contribution in [1.82, 2.24) is 0 Å². The molecule has 0 amide bonds. The minimum atomic E-state index is -1.72. The predicted molar refractivity (Wildman–Crippen MR) is 71.8 cm³/mol. The van der Waals surface area contributed by atoms with Crippen molar-refractivity contribution in [1.29, 1.82) is 0 Å². The Balaban J connectivity index is 0.00000162. The number of benzene rings is 1. The predicted octanol–water partition coefficient (Wildman–Crippen LogP) is 2.96. The third-order valence-electron chi connectivity index (χ3n) is 3.74. The molecule has 0 aliphatic heterocycles. The number of carboxylic acid groups (broad SMARTS) is 1. The molecule has 1 aliphatic rings. The van der Waals surface area contributed by atoms with E-state index in [4.69, 9.17) is 0 Å². The van der Waals surface area contributed by atoms with Gasteiger partial charge in [-0.3, -0.25) is 0 Å². The number of hydrogen-bond acceptors (Lipinski definition) is 2. The van der Waals surface area contributed by atoms with Crippen LogP contribution in [0.25, 0.3) is 0 Å². The fourth-order valence-corrected chi connectivity index (χ4v) is 2.75. The van der Waals surface area contributed by atoms with E-state index in [0.29, 0.717) is 5.56 Å². The SMILES string of the molecule is Cl.O=C(O)C(O)(c1ccccc1)C1CCCCC1. The van der Waals surface area contributed by atoms with E-state index in [1.807, 2.05) is 6.07 Å². The Bertz CT molecular complexity index is 387. The molecule has 0 saturated heterocycles. The Morgan fingerprint density at radius 3 is 2.17 bits per heavy atom. The zero-order valence-corrected chi connectivity index (χ0v) is 11.0. The zero-order valence-electron chi connectivity index (χ0n) is 10.2. The van der Waals surface area contributed by atoms with Gasteiger partial charge in [-0.05, 0) is 18.4 Å². The van der Waals surface area contributed by atoms with Gasteiger partial charge in [0.05, 0.1) is 0 Å². The van der Waals surface area contributed by atoms with E-state index >= 15 is 0 Å². The highest BCUT2D eigenvalue weighted by Crippen LogP contribution is 2.39. The second-order valence-electron chi connectivity index (χ2n) is 4.77. The van der Waals surface area contributed by atoms with Crippen LogP contribution in [0.2, 0.25) is 0 Å². The molecule has 1 aromatic carbocycles. The normalized spacial score (nSPS) is 19.6. The molecule has 1 aliphatic carbocycles. The largest absolute Gasteiger partial charge is 0.479 e. The van der Waals surface area contributed by atoms with Crippen LogP contribution in [-0.4, -0.2) is 16.2 Å². The third-order valence-corrected chi connectivity index (χ3v) is 3.74. The van der Waals surface area contributed by atoms with Crippen LogP contribution >= 0.6 is 12.4 Å². The van der Waals surface area contributed by atoms with Crippen LogP contribution in [0, 0.1) is 5.92 Å². The van der Waals surface area contributed by atoms with Crippen LogP contribution in [0.15, 0.2) is 30.3 Å². The van der Waals surface area contributed by atoms with Gasteiger partial charge in [-0.2, -0.15) is 0 Å². The summed E-state index contributed by atoms with van der Waals surface area (Å²) in [5.74, 6) is -1.30. The molecule has 1 saturated carbocycles. The van der Waals surface area contributed by atoms with E-state index in [-0.39, 0.29) is 18.3 Å². The lowest BCUT2D eigenvalue weighted by Crippen LogP contribution is -2.43. The summed E-state index contributed by atoms with van der Waals surface area (Å²) >= 11 is 0. The van der Waals surface area contributed by atoms with E-state index in [1.54, 1.807) is 24.3 Å². The molecule has 2 rings (SSSR count). The Morgan fingerprint density at radius 1 is 1.11 bits per heavy atom. The molecule has 1 aromatic rings. The Labute approximate surface area is 113 Å². The highest BCUT2D eigenvalue weighted by atomic mass is 35.5. The molecule has 4 heteroatoms. The minimum absolute atomic E-state index is 0. The first-order valence-corrected chi connectivity index (χ1v) is 6.17. The number of carbonyl (C=O) groups is 1. The lowest BCUT2D eigenvalue weighted by molar-refractivity contribution is -0.168. The average Bonchev–Trinajstić information content (AvgIpc) is 2.39. The smallest absolute Gasteiger partial charge is 0.340 e. The van der Waals surface area contributed by atoms with Crippen molar-refractivity contribution in [3.63, 3.8) is 0 Å². The van der Waals surface area contributed by atoms with E-state index < -0.39 is 11.6 Å². The number of rotatable bonds is 3. The van der Waals surface area contributed by atoms with E-state index in [0.717, 1.165) is 32.1 Å². The molecule has 0 bridgehead atoms. The fraction of sp³-hybridized carbons (Fsp3) is 0.500. The topological polar surface area (TPSA) is 57.5 Å². The van der Waals surface area contributed by atoms with Gasteiger partial charge in [0.25, 0.3) is 0 Å². The first-order chi connectivity index (χ1) is 8.15. The first kappa shape index (κ1) is 15.0. The molecule has 0 aromatic heterocycles. The molecule has 1 fully saturated rings. The van der Waals surface area contributed by atoms with Crippen LogP contribution in [-0.2, 0) is 10.4 Å². The van der Waals surface area contributed by atoms with E-state index in [1.165, 1.54) is 0 Å². The first-order valence-electron chi connectivity index (χ1n) is 6.17. The van der Waals surface area contributed by atoms with E-state index in [2.05, 4.69) is 0 Å². The van der Waals surface area contributed by atoms with Crippen LogP contribution in [0.3, 0.4) is 0 Å². The van der Waals surface area contributed by atoms with Crippen molar-refractivity contribution in [3.8, 4) is 0 Å². The van der Waals surface area contributed by atoms with Crippen molar-refractivity contribution in [2.45, 2.75) is 37.7 Å². The summed E-state index contributed by atoms with van der Waals surface area (Å²) in [6, 6.07) is 8.76. The summed E-state index contributed by atoms with van der Waals surface area (Å²) in [4.78, 5) is 11.5. The van der Waals surface area contributed by atoms with Gasteiger partial charge in [0.15, 0.2) is 5.60 Å². The average molecular weight is 271 g/mol. The summed E-state index contributed by atoms with van der Waals surface area (Å²) in [7, 11) is 0. The molecule has 18 heavy (non-hydrogen) atoms. The lowest BCUT2D eigenvalue weighted by atomic mass is 9.73. The van der Waals surface area contributed by atoms with Gasteiger partial charge in [-0.15, -0.1) is 12.4 Å². The second-order valence-corrected chi connectivity index (χ2v) is 4.77. The van der Waals surface area contributed by atoms with Crippen LogP contribution < -0.4 is 0 Å². The molecule has 3 nitrogen and oxygen atoms in total. The highest BCUT2D eigenvalue weighted by Gasteiger charge is 2.45. The number of aliphatic carboxylic acids is 1. The molecular formula is C14H19ClO3. The fourth-order valence-electron chi connectivity index (χ4n) is 2.75. The van der Waals surface area contributed by atoms with Crippen LogP contribution in [0.5, 0.6) is 0 Å². The van der Waals surface area contributed by atoms with Gasteiger partial charge in [0.2, 0.25) is 0 Å². The standard InChI is InChI=1S/C14H18O3.ClH/c15-13(16)14(17,11-7-3-1-4-8-11)12-9-5-2-6-10-12;/h1,3-4,7-8,12,17H,2,5-6,9-10H2,(H,15,16);1H. The molecule has 100 valence electrons. The van der Waals surface area contributed by atoms with Gasteiger partial charge in [0, 0.05) is 5.92 Å². The maximum atomic E-state index is 11.5. The molecular weight excluding hydrogens is 252 g/mol. The van der Waals surface area contributed by atoms with Crippen LogP contribution in [0.4, 0.5) is 0 Å². The Kier molecular flexibility index (Phi) is 5.17. The van der Waals surface area contributed by atoms with Crippen molar-refractivity contribution < 1.29 is 15.0 Å². The number of hydrogen-bond donors (Lipinski definition) is 2. The zero-order chi connectivity index (χ0) is 12.3. The minimum Gasteiger partial charge on any atom is -0.479 e. The summed E-state index contributed by atoms with van der Waals surface area (Å²) < 4.78 is 0. The number of carboxylic acids is 1. The number of aliphatic hydroxyl groups is 1. The van der Waals surface area contributed by atoms with Crippen LogP contribution in [0.1, 0.15) is 37.7 Å². The monoisotopic (exact) mass is 270 g/mol. The molecule has 1 atom stereocenters. The van der Waals surface area contributed by atoms with Crippen molar-refractivity contribution in [2.24, 2.45) is 5.92 Å². The summed E-state index contributed by atoms with van der Waals surface area (Å²) in [5.41, 5.74) is -1.22. The van der Waals surface area contributed by atoms with Gasteiger partial charge >= 0.3 is 5.97 Å². The van der Waals surface area contributed by atoms with Gasteiger partial charge in [-0.25, -0.2) is 4.79 Å². The molecule has 1 unspecified atom stereocenters. The van der Waals surface area contributed by atoms with Gasteiger partial charge in [-0.1, -0.05) is 49.6 Å². The molecule has 0 radical (unpaired) electrons. The molecule has 2 N–H and O–H groups in total. The lowest BCUT2D eigenvalue weighted by Gasteiger charge is -2.35. The van der Waals surface area contributed by atoms with Crippen molar-refractivity contribution in [2.75, 3.05) is 0 Å².